The SMILES string of the molecule is NCC1(CC(=O)Nc2ccccc2OC(F)F)CCC1. The Balaban J connectivity index is 2.00. The van der Waals surface area contributed by atoms with E-state index < -0.39 is 6.61 Å². The zero-order valence-electron chi connectivity index (χ0n) is 11.1. The number of amides is 1. The van der Waals surface area contributed by atoms with Gasteiger partial charge in [0.15, 0.2) is 0 Å². The van der Waals surface area contributed by atoms with Crippen LogP contribution in [0.15, 0.2) is 24.3 Å². The number of alkyl halides is 2. The number of para-hydroxylation sites is 2. The van der Waals surface area contributed by atoms with E-state index in [1.807, 2.05) is 0 Å². The van der Waals surface area contributed by atoms with E-state index in [1.165, 1.54) is 12.1 Å². The topological polar surface area (TPSA) is 64.4 Å². The molecule has 110 valence electrons. The second-order valence-electron chi connectivity index (χ2n) is 5.16. The predicted molar refractivity (Wildman–Crippen MR) is 71.7 cm³/mol. The van der Waals surface area contributed by atoms with Gasteiger partial charge < -0.3 is 15.8 Å². The third kappa shape index (κ3) is 3.45. The molecule has 0 radical (unpaired) electrons. The Bertz CT molecular complexity index is 470. The number of benzene rings is 1. The summed E-state index contributed by atoms with van der Waals surface area (Å²) in [5.41, 5.74) is 5.83. The summed E-state index contributed by atoms with van der Waals surface area (Å²) < 4.78 is 28.9. The lowest BCUT2D eigenvalue weighted by molar-refractivity contribution is -0.119. The molecule has 0 saturated heterocycles. The van der Waals surface area contributed by atoms with E-state index in [4.69, 9.17) is 5.73 Å². The first-order valence-electron chi connectivity index (χ1n) is 6.58. The number of carbonyl (C=O) groups is 1. The number of nitrogens with two attached hydrogens (primary N) is 1. The number of anilines is 1. The third-order valence-corrected chi connectivity index (χ3v) is 3.76. The number of ether oxygens (including phenoxy) is 1. The van der Waals surface area contributed by atoms with Gasteiger partial charge in [-0.2, -0.15) is 8.78 Å². The Morgan fingerprint density at radius 1 is 1.40 bits per heavy atom. The average molecular weight is 284 g/mol. The Kier molecular flexibility index (Phi) is 4.54. The van der Waals surface area contributed by atoms with Crippen LogP contribution in [0.1, 0.15) is 25.7 Å². The fourth-order valence-corrected chi connectivity index (χ4v) is 2.43. The molecule has 2 rings (SSSR count). The van der Waals surface area contributed by atoms with Crippen LogP contribution in [-0.4, -0.2) is 19.1 Å². The minimum Gasteiger partial charge on any atom is -0.433 e. The molecule has 1 aliphatic rings. The molecule has 1 fully saturated rings. The van der Waals surface area contributed by atoms with Crippen LogP contribution in [-0.2, 0) is 4.79 Å². The summed E-state index contributed by atoms with van der Waals surface area (Å²) in [7, 11) is 0. The summed E-state index contributed by atoms with van der Waals surface area (Å²) in [5, 5.41) is 2.62. The van der Waals surface area contributed by atoms with Crippen molar-refractivity contribution in [1.82, 2.24) is 0 Å². The quantitative estimate of drug-likeness (QED) is 0.844. The first kappa shape index (κ1) is 14.7. The molecule has 1 amide bonds. The zero-order chi connectivity index (χ0) is 14.6. The van der Waals surface area contributed by atoms with Crippen molar-refractivity contribution >= 4 is 11.6 Å². The van der Waals surface area contributed by atoms with Gasteiger partial charge in [-0.25, -0.2) is 0 Å². The van der Waals surface area contributed by atoms with E-state index >= 15 is 0 Å². The van der Waals surface area contributed by atoms with Crippen LogP contribution in [0.5, 0.6) is 5.75 Å². The molecule has 0 bridgehead atoms. The van der Waals surface area contributed by atoms with Crippen LogP contribution in [0, 0.1) is 5.41 Å². The van der Waals surface area contributed by atoms with E-state index in [-0.39, 0.29) is 22.8 Å². The zero-order valence-corrected chi connectivity index (χ0v) is 11.1. The highest BCUT2D eigenvalue weighted by molar-refractivity contribution is 5.92. The van der Waals surface area contributed by atoms with Crippen molar-refractivity contribution in [2.75, 3.05) is 11.9 Å². The van der Waals surface area contributed by atoms with Crippen LogP contribution >= 0.6 is 0 Å². The van der Waals surface area contributed by atoms with Crippen LogP contribution in [0.4, 0.5) is 14.5 Å². The summed E-state index contributed by atoms with van der Waals surface area (Å²) in [4.78, 5) is 12.0. The first-order chi connectivity index (χ1) is 9.54. The number of hydrogen-bond donors (Lipinski definition) is 2. The maximum atomic E-state index is 12.3. The lowest BCUT2D eigenvalue weighted by atomic mass is 9.66. The van der Waals surface area contributed by atoms with E-state index in [2.05, 4.69) is 10.1 Å². The number of hydrogen-bond acceptors (Lipinski definition) is 3. The monoisotopic (exact) mass is 284 g/mol. The van der Waals surface area contributed by atoms with Gasteiger partial charge in [0.2, 0.25) is 5.91 Å². The van der Waals surface area contributed by atoms with Crippen LogP contribution in [0.3, 0.4) is 0 Å². The molecule has 1 saturated carbocycles. The lowest BCUT2D eigenvalue weighted by Gasteiger charge is -2.40. The number of halogens is 2. The largest absolute Gasteiger partial charge is 0.433 e. The van der Waals surface area contributed by atoms with Gasteiger partial charge in [0.1, 0.15) is 5.75 Å². The van der Waals surface area contributed by atoms with Crippen LogP contribution < -0.4 is 15.8 Å². The molecule has 0 atom stereocenters. The number of rotatable bonds is 6. The van der Waals surface area contributed by atoms with Gasteiger partial charge in [0.05, 0.1) is 5.69 Å². The van der Waals surface area contributed by atoms with E-state index in [1.54, 1.807) is 12.1 Å². The molecule has 3 N–H and O–H groups in total. The molecule has 20 heavy (non-hydrogen) atoms. The Hall–Kier alpha value is -1.69. The second kappa shape index (κ2) is 6.17. The first-order valence-corrected chi connectivity index (χ1v) is 6.58. The molecule has 0 spiro atoms. The van der Waals surface area contributed by atoms with Crippen LogP contribution in [0.25, 0.3) is 0 Å². The fraction of sp³-hybridized carbons (Fsp3) is 0.500. The van der Waals surface area contributed by atoms with Crippen molar-refractivity contribution < 1.29 is 18.3 Å². The summed E-state index contributed by atoms with van der Waals surface area (Å²) in [5.74, 6) is -0.258. The summed E-state index contributed by atoms with van der Waals surface area (Å²) in [6, 6.07) is 6.14. The van der Waals surface area contributed by atoms with E-state index in [0.717, 1.165) is 19.3 Å². The van der Waals surface area contributed by atoms with Crippen molar-refractivity contribution in [3.05, 3.63) is 24.3 Å². The molecular weight excluding hydrogens is 266 g/mol. The molecule has 0 heterocycles. The number of carbonyl (C=O) groups excluding carboxylic acids is 1. The third-order valence-electron chi connectivity index (χ3n) is 3.76. The van der Waals surface area contributed by atoms with Gasteiger partial charge >= 0.3 is 6.61 Å². The standard InChI is InChI=1S/C14H18F2N2O2/c15-13(16)20-11-5-2-1-4-10(11)18-12(19)8-14(9-17)6-3-7-14/h1-2,4-5,13H,3,6-9,17H2,(H,18,19). The molecule has 0 aliphatic heterocycles. The number of nitrogens with one attached hydrogen (secondary N) is 1. The molecule has 1 aromatic carbocycles. The van der Waals surface area contributed by atoms with Gasteiger partial charge in [-0.15, -0.1) is 0 Å². The van der Waals surface area contributed by atoms with Crippen molar-refractivity contribution in [3.8, 4) is 5.75 Å². The predicted octanol–water partition coefficient (Wildman–Crippen LogP) is 2.75. The van der Waals surface area contributed by atoms with E-state index in [9.17, 15) is 13.6 Å². The van der Waals surface area contributed by atoms with Gasteiger partial charge in [-0.05, 0) is 36.9 Å². The molecule has 0 aromatic heterocycles. The van der Waals surface area contributed by atoms with Gasteiger partial charge in [-0.3, -0.25) is 4.79 Å². The van der Waals surface area contributed by atoms with Crippen molar-refractivity contribution in [2.45, 2.75) is 32.3 Å². The van der Waals surface area contributed by atoms with Gasteiger partial charge in [0, 0.05) is 6.42 Å². The highest BCUT2D eigenvalue weighted by atomic mass is 19.3. The molecular formula is C14H18F2N2O2. The Labute approximate surface area is 116 Å². The van der Waals surface area contributed by atoms with Crippen molar-refractivity contribution in [2.24, 2.45) is 11.1 Å². The minimum atomic E-state index is -2.92. The molecule has 1 aromatic rings. The fourth-order valence-electron chi connectivity index (χ4n) is 2.43. The summed E-state index contributed by atoms with van der Waals surface area (Å²) in [6.07, 6.45) is 3.26. The molecule has 4 nitrogen and oxygen atoms in total. The highest BCUT2D eigenvalue weighted by Crippen LogP contribution is 2.43. The van der Waals surface area contributed by atoms with Gasteiger partial charge in [-0.1, -0.05) is 18.6 Å². The maximum Gasteiger partial charge on any atom is 0.387 e. The highest BCUT2D eigenvalue weighted by Gasteiger charge is 2.37. The normalized spacial score (nSPS) is 16.6. The van der Waals surface area contributed by atoms with E-state index in [0.29, 0.717) is 13.0 Å². The smallest absolute Gasteiger partial charge is 0.387 e. The van der Waals surface area contributed by atoms with Crippen molar-refractivity contribution in [1.29, 1.82) is 0 Å². The lowest BCUT2D eigenvalue weighted by Crippen LogP contribution is -2.40. The van der Waals surface area contributed by atoms with Crippen LogP contribution in [0.2, 0.25) is 0 Å². The summed E-state index contributed by atoms with van der Waals surface area (Å²) in [6.45, 7) is -2.45. The minimum absolute atomic E-state index is 0.0359. The Morgan fingerprint density at radius 2 is 2.10 bits per heavy atom. The van der Waals surface area contributed by atoms with Crippen molar-refractivity contribution in [3.63, 3.8) is 0 Å². The van der Waals surface area contributed by atoms with Gasteiger partial charge in [0.25, 0.3) is 0 Å². The molecule has 0 unspecified atom stereocenters. The summed E-state index contributed by atoms with van der Waals surface area (Å²) >= 11 is 0. The average Bonchev–Trinajstić information content (AvgIpc) is 2.36. The maximum absolute atomic E-state index is 12.3. The Morgan fingerprint density at radius 3 is 2.65 bits per heavy atom. The molecule has 1 aliphatic carbocycles. The second-order valence-corrected chi connectivity index (χ2v) is 5.16. The molecule has 6 heteroatoms.